The van der Waals surface area contributed by atoms with Crippen LogP contribution in [0.25, 0.3) is 0 Å². The number of hydrazone groups is 1. The Morgan fingerprint density at radius 2 is 1.82 bits per heavy atom. The highest BCUT2D eigenvalue weighted by molar-refractivity contribution is 5.88. The van der Waals surface area contributed by atoms with Gasteiger partial charge in [0.1, 0.15) is 0 Å². The molecule has 12 nitrogen and oxygen atoms in total. The molecule has 1 aliphatic rings. The van der Waals surface area contributed by atoms with Crippen LogP contribution < -0.4 is 19.6 Å². The maximum absolute atomic E-state index is 11.8. The van der Waals surface area contributed by atoms with Gasteiger partial charge in [-0.05, 0) is 12.1 Å². The minimum atomic E-state index is -0.710. The zero-order chi connectivity index (χ0) is 20.1. The number of carbonyl (C=O) groups is 1. The molecule has 0 spiro atoms. The van der Waals surface area contributed by atoms with Crippen LogP contribution in [0.1, 0.15) is 5.56 Å². The minimum absolute atomic E-state index is 0.0488. The zero-order valence-electron chi connectivity index (χ0n) is 14.1. The van der Waals surface area contributed by atoms with Crippen molar-refractivity contribution in [3.8, 4) is 17.2 Å². The summed E-state index contributed by atoms with van der Waals surface area (Å²) in [6.45, 7) is -0.585. The molecule has 0 radical (unpaired) electrons. The number of hydrogen-bond acceptors (Lipinski definition) is 9. The number of para-hydroxylation sites is 2. The normalized spacial score (nSPS) is 12.0. The highest BCUT2D eigenvalue weighted by atomic mass is 16.7. The molecule has 0 aromatic heterocycles. The lowest BCUT2D eigenvalue weighted by molar-refractivity contribution is -0.385. The molecular formula is C16H12N4O8. The SMILES string of the molecule is O=C(COc1ccccc1[N+](=O)[O-])NN=Cc1cc2c(cc1[N+](=O)[O-])OCO2. The first-order valence-electron chi connectivity index (χ1n) is 7.72. The van der Waals surface area contributed by atoms with Gasteiger partial charge >= 0.3 is 5.69 Å². The molecule has 2 aromatic rings. The Morgan fingerprint density at radius 1 is 1.14 bits per heavy atom. The van der Waals surface area contributed by atoms with Crippen molar-refractivity contribution in [2.45, 2.75) is 0 Å². The predicted molar refractivity (Wildman–Crippen MR) is 93.5 cm³/mol. The third kappa shape index (κ3) is 4.12. The molecule has 0 saturated heterocycles. The number of rotatable bonds is 7. The van der Waals surface area contributed by atoms with Crippen LogP contribution in [0.15, 0.2) is 41.5 Å². The number of nitrogens with zero attached hydrogens (tertiary/aromatic N) is 3. The van der Waals surface area contributed by atoms with Gasteiger partial charge in [-0.3, -0.25) is 25.0 Å². The summed E-state index contributed by atoms with van der Waals surface area (Å²) in [7, 11) is 0. The number of nitro benzene ring substituents is 2. The van der Waals surface area contributed by atoms with E-state index in [1.807, 2.05) is 0 Å². The monoisotopic (exact) mass is 388 g/mol. The highest BCUT2D eigenvalue weighted by Gasteiger charge is 2.22. The van der Waals surface area contributed by atoms with Gasteiger partial charge in [0.15, 0.2) is 23.9 Å². The molecule has 2 aromatic carbocycles. The summed E-state index contributed by atoms with van der Waals surface area (Å²) in [4.78, 5) is 32.6. The number of nitrogens with one attached hydrogen (secondary N) is 1. The van der Waals surface area contributed by atoms with Crippen LogP contribution in [-0.4, -0.2) is 35.4 Å². The first kappa shape index (κ1) is 18.6. The van der Waals surface area contributed by atoms with Crippen molar-refractivity contribution < 1.29 is 28.9 Å². The zero-order valence-corrected chi connectivity index (χ0v) is 14.1. The van der Waals surface area contributed by atoms with Gasteiger partial charge in [-0.1, -0.05) is 12.1 Å². The minimum Gasteiger partial charge on any atom is -0.477 e. The largest absolute Gasteiger partial charge is 0.477 e. The third-order valence-corrected chi connectivity index (χ3v) is 3.53. The summed E-state index contributed by atoms with van der Waals surface area (Å²) in [6, 6.07) is 8.14. The summed E-state index contributed by atoms with van der Waals surface area (Å²) in [5.74, 6) is -0.223. The van der Waals surface area contributed by atoms with E-state index in [0.717, 1.165) is 6.21 Å². The fourth-order valence-electron chi connectivity index (χ4n) is 2.29. The van der Waals surface area contributed by atoms with Gasteiger partial charge in [-0.15, -0.1) is 0 Å². The molecule has 0 atom stereocenters. The Kier molecular flexibility index (Phi) is 5.30. The highest BCUT2D eigenvalue weighted by Crippen LogP contribution is 2.37. The van der Waals surface area contributed by atoms with Gasteiger partial charge in [0, 0.05) is 6.07 Å². The number of nitro groups is 2. The first-order chi connectivity index (χ1) is 13.5. The summed E-state index contributed by atoms with van der Waals surface area (Å²) in [6.07, 6.45) is 1.07. The smallest absolute Gasteiger partial charge is 0.310 e. The average molecular weight is 388 g/mol. The van der Waals surface area contributed by atoms with Crippen molar-refractivity contribution in [2.75, 3.05) is 13.4 Å². The topological polar surface area (TPSA) is 155 Å². The molecule has 1 N–H and O–H groups in total. The lowest BCUT2D eigenvalue weighted by Gasteiger charge is -2.05. The maximum Gasteiger partial charge on any atom is 0.310 e. The van der Waals surface area contributed by atoms with Crippen LogP contribution in [0.4, 0.5) is 11.4 Å². The molecule has 0 unspecified atom stereocenters. The number of ether oxygens (including phenoxy) is 3. The third-order valence-electron chi connectivity index (χ3n) is 3.53. The van der Waals surface area contributed by atoms with E-state index < -0.39 is 22.4 Å². The summed E-state index contributed by atoms with van der Waals surface area (Å²) in [5.41, 5.74) is 1.65. The fourth-order valence-corrected chi connectivity index (χ4v) is 2.29. The van der Waals surface area contributed by atoms with Crippen LogP contribution in [0.3, 0.4) is 0 Å². The standard InChI is InChI=1S/C16H12N4O8/c21-16(8-26-13-4-2-1-3-11(13)19(22)23)18-17-7-10-5-14-15(28-9-27-14)6-12(10)20(24)25/h1-7H,8-9H2,(H,18,21). The van der Waals surface area contributed by atoms with E-state index in [-0.39, 0.29) is 35.2 Å². The lowest BCUT2D eigenvalue weighted by Crippen LogP contribution is -2.24. The van der Waals surface area contributed by atoms with E-state index in [2.05, 4.69) is 10.5 Å². The molecule has 0 saturated carbocycles. The van der Waals surface area contributed by atoms with Crippen molar-refractivity contribution >= 4 is 23.5 Å². The van der Waals surface area contributed by atoms with Crippen LogP contribution in [0.5, 0.6) is 17.2 Å². The molecule has 28 heavy (non-hydrogen) atoms. The fraction of sp³-hybridized carbons (Fsp3) is 0.125. The van der Waals surface area contributed by atoms with E-state index in [4.69, 9.17) is 14.2 Å². The van der Waals surface area contributed by atoms with Crippen molar-refractivity contribution in [1.82, 2.24) is 5.43 Å². The van der Waals surface area contributed by atoms with Crippen molar-refractivity contribution in [1.29, 1.82) is 0 Å². The van der Waals surface area contributed by atoms with Gasteiger partial charge in [-0.25, -0.2) is 5.43 Å². The predicted octanol–water partition coefficient (Wildman–Crippen LogP) is 1.76. The van der Waals surface area contributed by atoms with Crippen LogP contribution in [0, 0.1) is 20.2 Å². The van der Waals surface area contributed by atoms with Gasteiger partial charge in [-0.2, -0.15) is 5.10 Å². The van der Waals surface area contributed by atoms with E-state index in [1.165, 1.54) is 36.4 Å². The number of amides is 1. The molecule has 0 bridgehead atoms. The van der Waals surface area contributed by atoms with E-state index in [0.29, 0.717) is 5.75 Å². The van der Waals surface area contributed by atoms with Crippen molar-refractivity contribution in [2.24, 2.45) is 5.10 Å². The van der Waals surface area contributed by atoms with Crippen LogP contribution in [-0.2, 0) is 4.79 Å². The number of hydrogen-bond donors (Lipinski definition) is 1. The molecule has 1 aliphatic heterocycles. The molecule has 0 aliphatic carbocycles. The second-order valence-electron chi connectivity index (χ2n) is 5.33. The van der Waals surface area contributed by atoms with Gasteiger partial charge in [0.2, 0.25) is 6.79 Å². The molecular weight excluding hydrogens is 376 g/mol. The average Bonchev–Trinajstić information content (AvgIpc) is 3.13. The Bertz CT molecular complexity index is 975. The second kappa shape index (κ2) is 7.99. The Morgan fingerprint density at radius 3 is 2.54 bits per heavy atom. The van der Waals surface area contributed by atoms with Gasteiger partial charge in [0.05, 0.1) is 27.7 Å². The Balaban J connectivity index is 1.63. The number of benzene rings is 2. The second-order valence-corrected chi connectivity index (χ2v) is 5.33. The lowest BCUT2D eigenvalue weighted by atomic mass is 10.1. The molecule has 1 heterocycles. The van der Waals surface area contributed by atoms with Crippen molar-refractivity contribution in [3.63, 3.8) is 0 Å². The quantitative estimate of drug-likeness (QED) is 0.427. The molecule has 12 heteroatoms. The van der Waals surface area contributed by atoms with Gasteiger partial charge < -0.3 is 14.2 Å². The van der Waals surface area contributed by atoms with E-state index in [9.17, 15) is 25.0 Å². The molecule has 0 fully saturated rings. The number of fused-ring (bicyclic) bond motifs is 1. The molecule has 1 amide bonds. The van der Waals surface area contributed by atoms with Crippen LogP contribution >= 0.6 is 0 Å². The summed E-state index contributed by atoms with van der Waals surface area (Å²) >= 11 is 0. The number of carbonyl (C=O) groups excluding carboxylic acids is 1. The Hall–Kier alpha value is -4.22. The first-order valence-corrected chi connectivity index (χ1v) is 7.72. The van der Waals surface area contributed by atoms with Crippen molar-refractivity contribution in [3.05, 3.63) is 62.2 Å². The van der Waals surface area contributed by atoms with Gasteiger partial charge in [0.25, 0.3) is 11.6 Å². The molecule has 144 valence electrons. The molecule has 3 rings (SSSR count). The Labute approximate surface area is 156 Å². The van der Waals surface area contributed by atoms with Crippen LogP contribution in [0.2, 0.25) is 0 Å². The summed E-state index contributed by atoms with van der Waals surface area (Å²) < 4.78 is 15.3. The summed E-state index contributed by atoms with van der Waals surface area (Å²) in [5, 5.41) is 25.7. The maximum atomic E-state index is 11.8. The van der Waals surface area contributed by atoms with E-state index in [1.54, 1.807) is 0 Å². The van der Waals surface area contributed by atoms with E-state index >= 15 is 0 Å².